The molecule has 0 radical (unpaired) electrons. The zero-order valence-corrected chi connectivity index (χ0v) is 42.8. The number of pyridine rings is 2. The number of nitrogens with one attached hydrogen (secondary N) is 5. The Labute approximate surface area is 441 Å². The molecule has 23 heteroatoms. The zero-order chi connectivity index (χ0) is 55.1. The summed E-state index contributed by atoms with van der Waals surface area (Å²) in [6.07, 6.45) is 5.34. The molecule has 0 saturated heterocycles. The molecule has 77 heavy (non-hydrogen) atoms. The van der Waals surface area contributed by atoms with Crippen LogP contribution in [0.1, 0.15) is 91.3 Å². The van der Waals surface area contributed by atoms with Crippen molar-refractivity contribution in [1.82, 2.24) is 45.9 Å². The summed E-state index contributed by atoms with van der Waals surface area (Å²) in [6, 6.07) is 9.74. The van der Waals surface area contributed by atoms with E-state index in [-0.39, 0.29) is 67.6 Å². The van der Waals surface area contributed by atoms with E-state index in [1.54, 1.807) is 49.2 Å². The minimum Gasteiger partial charge on any atom is -0.507 e. The second-order valence-electron chi connectivity index (χ2n) is 19.5. The van der Waals surface area contributed by atoms with Crippen LogP contribution in [0.5, 0.6) is 5.75 Å². The maximum atomic E-state index is 15.4. The van der Waals surface area contributed by atoms with E-state index in [9.17, 15) is 53.1 Å². The van der Waals surface area contributed by atoms with Crippen molar-refractivity contribution in [1.29, 1.82) is 0 Å². The fraction of sp³-hybridized carbons (Fsp3) is 0.426. The van der Waals surface area contributed by atoms with E-state index in [1.165, 1.54) is 35.8 Å². The van der Waals surface area contributed by atoms with E-state index >= 15 is 4.39 Å². The van der Waals surface area contributed by atoms with Gasteiger partial charge in [0.1, 0.15) is 37.1 Å². The number of carbonyl (C=O) groups excluding carboxylic acids is 9. The molecule has 4 heterocycles. The quantitative estimate of drug-likeness (QED) is 0.0221. The Balaban J connectivity index is 0.839. The van der Waals surface area contributed by atoms with Crippen LogP contribution in [0.2, 0.25) is 0 Å². The van der Waals surface area contributed by atoms with Gasteiger partial charge in [-0.3, -0.25) is 52.8 Å². The summed E-state index contributed by atoms with van der Waals surface area (Å²) < 4.78 is 28.0. The Kier molecular flexibility index (Phi) is 17.2. The lowest BCUT2D eigenvalue weighted by molar-refractivity contribution is -0.148. The Morgan fingerprint density at radius 3 is 2.26 bits per heavy atom. The molecule has 1 unspecified atom stereocenters. The first kappa shape index (κ1) is 54.9. The molecule has 1 fully saturated rings. The number of aromatic hydroxyl groups is 1. The topological polar surface area (TPSA) is 294 Å². The summed E-state index contributed by atoms with van der Waals surface area (Å²) in [5.41, 5.74) is 3.43. The molecule has 0 spiro atoms. The third-order valence-electron chi connectivity index (χ3n) is 14.2. The van der Waals surface area contributed by atoms with Crippen molar-refractivity contribution >= 4 is 64.1 Å². The van der Waals surface area contributed by atoms with Gasteiger partial charge in [-0.25, -0.2) is 9.37 Å². The van der Waals surface area contributed by atoms with Crippen LogP contribution in [0.15, 0.2) is 59.4 Å². The third kappa shape index (κ3) is 12.9. The number of imide groups is 1. The van der Waals surface area contributed by atoms with Crippen LogP contribution in [-0.2, 0) is 78.6 Å². The first-order chi connectivity index (χ1) is 36.9. The highest BCUT2D eigenvalue weighted by Gasteiger charge is 2.43. The normalized spacial score (nSPS) is 15.8. The van der Waals surface area contributed by atoms with E-state index in [4.69, 9.17) is 14.5 Å². The molecular weight excluding hydrogens is 1000 g/mol. The molecule has 3 atom stereocenters. The Bertz CT molecular complexity index is 3120. The molecule has 2 aliphatic carbocycles. The van der Waals surface area contributed by atoms with Gasteiger partial charge in [-0.2, -0.15) is 0 Å². The van der Waals surface area contributed by atoms with Crippen LogP contribution >= 0.6 is 0 Å². The van der Waals surface area contributed by atoms with Gasteiger partial charge in [0.25, 0.3) is 23.3 Å². The van der Waals surface area contributed by atoms with Crippen LogP contribution in [0, 0.1) is 18.7 Å². The minimum absolute atomic E-state index is 0.0225. The number of carbonyl (C=O) groups is 9. The van der Waals surface area contributed by atoms with Gasteiger partial charge in [0.05, 0.1) is 54.7 Å². The van der Waals surface area contributed by atoms with Crippen LogP contribution in [0.3, 0.4) is 0 Å². The number of hydrogen-bond acceptors (Lipinski definition) is 14. The van der Waals surface area contributed by atoms with E-state index in [0.29, 0.717) is 83.8 Å². The molecule has 2 aliphatic heterocycles. The Morgan fingerprint density at radius 2 is 1.55 bits per heavy atom. The molecule has 4 aromatic rings. The number of aryl methyl sites for hydroxylation is 1. The predicted molar refractivity (Wildman–Crippen MR) is 272 cm³/mol. The summed E-state index contributed by atoms with van der Waals surface area (Å²) in [7, 11) is 1.65. The van der Waals surface area contributed by atoms with Crippen LogP contribution in [0.25, 0.3) is 22.3 Å². The summed E-state index contributed by atoms with van der Waals surface area (Å²) in [5.74, 6) is -5.87. The fourth-order valence-corrected chi connectivity index (χ4v) is 9.93. The molecule has 8 amide bonds. The largest absolute Gasteiger partial charge is 0.507 e. The molecule has 22 nitrogen and oxygen atoms in total. The van der Waals surface area contributed by atoms with Crippen molar-refractivity contribution < 1.29 is 62.1 Å². The van der Waals surface area contributed by atoms with Crippen molar-refractivity contribution in [3.05, 3.63) is 104 Å². The second kappa shape index (κ2) is 24.1. The van der Waals surface area contributed by atoms with Crippen LogP contribution in [0.4, 0.5) is 4.39 Å². The number of amides is 8. The Morgan fingerprint density at radius 1 is 0.857 bits per heavy atom. The van der Waals surface area contributed by atoms with Gasteiger partial charge in [-0.05, 0) is 73.6 Å². The van der Waals surface area contributed by atoms with Gasteiger partial charge in [0.2, 0.25) is 29.5 Å². The van der Waals surface area contributed by atoms with E-state index in [1.807, 2.05) is 0 Å². The number of aromatic nitrogens is 2. The zero-order valence-electron chi connectivity index (χ0n) is 42.8. The molecule has 6 N–H and O–H groups in total. The minimum atomic E-state index is -1.17. The average molecular weight is 1060 g/mol. The summed E-state index contributed by atoms with van der Waals surface area (Å²) in [6.45, 7) is 0.865. The molecule has 8 rings (SSSR count). The average Bonchev–Trinajstić information content (AvgIpc) is 4.15. The lowest BCUT2D eigenvalue weighted by Gasteiger charge is -2.36. The number of rotatable bonds is 24. The van der Waals surface area contributed by atoms with Gasteiger partial charge >= 0.3 is 5.97 Å². The maximum Gasteiger partial charge on any atom is 0.302 e. The molecule has 4 aliphatic rings. The molecular formula is C54H60FN9O13. The molecule has 2 aromatic carbocycles. The fourth-order valence-electron chi connectivity index (χ4n) is 9.93. The van der Waals surface area contributed by atoms with E-state index < -0.39 is 97.1 Å². The summed E-state index contributed by atoms with van der Waals surface area (Å²) >= 11 is 0. The van der Waals surface area contributed by atoms with Crippen molar-refractivity contribution in [3.63, 3.8) is 0 Å². The predicted octanol–water partition coefficient (Wildman–Crippen LogP) is 1.52. The lowest BCUT2D eigenvalue weighted by Crippen LogP contribution is -2.52. The van der Waals surface area contributed by atoms with Gasteiger partial charge in [-0.15, -0.1) is 0 Å². The Hall–Kier alpha value is -8.34. The van der Waals surface area contributed by atoms with Gasteiger partial charge in [-0.1, -0.05) is 36.8 Å². The monoisotopic (exact) mass is 1060 g/mol. The first-order valence-electron chi connectivity index (χ1n) is 25.5. The summed E-state index contributed by atoms with van der Waals surface area (Å²) in [4.78, 5) is 135. The number of likely N-dealkylation sites (N-methyl/N-ethyl adjacent to an activating group) is 1. The van der Waals surface area contributed by atoms with Gasteiger partial charge in [0, 0.05) is 68.6 Å². The number of esters is 1. The van der Waals surface area contributed by atoms with E-state index in [0.717, 1.165) is 10.5 Å². The highest BCUT2D eigenvalue weighted by Crippen LogP contribution is 2.47. The molecule has 2 aromatic heterocycles. The molecule has 1 saturated carbocycles. The maximum absolute atomic E-state index is 15.4. The van der Waals surface area contributed by atoms with Crippen molar-refractivity contribution in [2.45, 2.75) is 103 Å². The summed E-state index contributed by atoms with van der Waals surface area (Å²) in [5, 5.41) is 24.2. The highest BCUT2D eigenvalue weighted by atomic mass is 19.1. The van der Waals surface area contributed by atoms with Crippen LogP contribution < -0.4 is 32.1 Å². The smallest absolute Gasteiger partial charge is 0.302 e. The third-order valence-corrected chi connectivity index (χ3v) is 14.2. The SMILES string of the molecule is CC(=O)OCc1c(O)cc2n(c1=O)Cc1c-2nc2cc(F)c(C)c3c2c1[C@@H](N(C)C(=O)C(OCNC(=O)CNC(=O)[C@H](Cc1ccccc1)NC(=O)CNC(=O)CNC(=O)CCCCCN1C(=O)C=CC1=O)C1CC1)CC3. The number of hydrogen-bond donors (Lipinski definition) is 6. The number of nitrogens with zero attached hydrogens (tertiary/aromatic N) is 4. The van der Waals surface area contributed by atoms with Gasteiger partial charge in [0.15, 0.2) is 0 Å². The lowest BCUT2D eigenvalue weighted by atomic mass is 9.81. The van der Waals surface area contributed by atoms with Crippen molar-refractivity contribution in [2.24, 2.45) is 5.92 Å². The van der Waals surface area contributed by atoms with Gasteiger partial charge < -0.3 is 50.6 Å². The van der Waals surface area contributed by atoms with E-state index in [2.05, 4.69) is 26.6 Å². The molecule has 406 valence electrons. The number of ether oxygens (including phenoxy) is 2. The standard InChI is InChI=1S/C54H60FN9O13/c1-29-33-15-16-39(49-34-26-64-40(50(34)61-37(48(33)49)21-36(29)55)22-41(66)35(53(64)74)27-76-30(2)65)62(3)54(75)51(32-13-14-32)77-28-59-44(69)24-58-52(73)38(20-31-10-6-4-7-11-31)60-45(70)25-57-43(68)23-56-42(67)12-8-5-9-19-63-46(71)17-18-47(63)72/h4,6-7,10-11,17-18,21-22,32,38-39,51,66H,5,8-9,12-16,19-20,23-28H2,1-3H3,(H,56,67)(H,57,68)(H,58,73)(H,59,69)(H,60,70)/t38-,39-,51?/m0/s1. The molecule has 0 bridgehead atoms. The number of unbranched alkanes of at least 4 members (excludes halogenated alkanes) is 2. The second-order valence-corrected chi connectivity index (χ2v) is 19.5. The first-order valence-corrected chi connectivity index (χ1v) is 25.5. The number of halogens is 1. The number of fused-ring (bicyclic) bond motifs is 4. The van der Waals surface area contributed by atoms with Crippen LogP contribution in [-0.4, -0.2) is 130 Å². The highest BCUT2D eigenvalue weighted by molar-refractivity contribution is 6.12. The van der Waals surface area contributed by atoms with Crippen molar-refractivity contribution in [2.75, 3.05) is 40.0 Å². The number of benzene rings is 2. The van der Waals surface area contributed by atoms with Crippen molar-refractivity contribution in [3.8, 4) is 17.1 Å².